The fourth-order valence-electron chi connectivity index (χ4n) is 2.18. The van der Waals surface area contributed by atoms with E-state index in [1.165, 1.54) is 12.8 Å². The Morgan fingerprint density at radius 1 is 1.00 bits per heavy atom. The third-order valence-electron chi connectivity index (χ3n) is 3.92. The van der Waals surface area contributed by atoms with Crippen LogP contribution in [0.4, 0.5) is 0 Å². The highest BCUT2D eigenvalue weighted by Gasteiger charge is 2.27. The molecule has 0 saturated carbocycles. The summed E-state index contributed by atoms with van der Waals surface area (Å²) in [6.07, 6.45) is 2.42. The molecule has 0 radical (unpaired) electrons. The molecule has 0 bridgehead atoms. The molecule has 0 unspecified atom stereocenters. The van der Waals surface area contributed by atoms with Crippen molar-refractivity contribution in [3.8, 4) is 0 Å². The van der Waals surface area contributed by atoms with Gasteiger partial charge in [-0.05, 0) is 39.9 Å². The second-order valence-corrected chi connectivity index (χ2v) is 5.37. The van der Waals surface area contributed by atoms with E-state index in [0.717, 1.165) is 26.2 Å². The molecule has 0 atom stereocenters. The van der Waals surface area contributed by atoms with Crippen LogP contribution in [-0.2, 0) is 14.2 Å². The number of nitrogens with zero attached hydrogens (tertiary/aromatic N) is 1. The van der Waals surface area contributed by atoms with Crippen LogP contribution in [0, 0.1) is 0 Å². The minimum Gasteiger partial charge on any atom is -0.382 e. The highest BCUT2D eigenvalue weighted by atomic mass is 16.5. The van der Waals surface area contributed by atoms with Crippen molar-refractivity contribution in [2.45, 2.75) is 25.3 Å². The molecule has 0 spiro atoms. The molecule has 0 aliphatic carbocycles. The van der Waals surface area contributed by atoms with Crippen molar-refractivity contribution in [2.75, 3.05) is 66.8 Å². The number of nitrogens with one attached hydrogen (secondary N) is 1. The lowest BCUT2D eigenvalue weighted by Gasteiger charge is -2.39. The molecule has 19 heavy (non-hydrogen) atoms. The van der Waals surface area contributed by atoms with Gasteiger partial charge in [0.05, 0.1) is 33.0 Å². The SMILES string of the molecule is CNC1(C)CCN(CCOCCOCCOC)CC1. The van der Waals surface area contributed by atoms with Crippen molar-refractivity contribution in [3.05, 3.63) is 0 Å². The van der Waals surface area contributed by atoms with Crippen molar-refractivity contribution >= 4 is 0 Å². The summed E-state index contributed by atoms with van der Waals surface area (Å²) in [6, 6.07) is 0. The van der Waals surface area contributed by atoms with E-state index in [4.69, 9.17) is 14.2 Å². The number of methoxy groups -OCH3 is 1. The topological polar surface area (TPSA) is 43.0 Å². The summed E-state index contributed by atoms with van der Waals surface area (Å²) in [4.78, 5) is 2.48. The van der Waals surface area contributed by atoms with Crippen molar-refractivity contribution < 1.29 is 14.2 Å². The first-order valence-corrected chi connectivity index (χ1v) is 7.26. The first kappa shape index (κ1) is 16.9. The van der Waals surface area contributed by atoms with Gasteiger partial charge in [-0.15, -0.1) is 0 Å². The predicted molar refractivity (Wildman–Crippen MR) is 76.7 cm³/mol. The molecule has 114 valence electrons. The van der Waals surface area contributed by atoms with Crippen LogP contribution in [0.5, 0.6) is 0 Å². The number of hydrogen-bond donors (Lipinski definition) is 1. The number of hydrogen-bond acceptors (Lipinski definition) is 5. The third-order valence-corrected chi connectivity index (χ3v) is 3.92. The van der Waals surface area contributed by atoms with Gasteiger partial charge in [0, 0.05) is 19.2 Å². The third kappa shape index (κ3) is 7.22. The van der Waals surface area contributed by atoms with E-state index in [1.54, 1.807) is 7.11 Å². The van der Waals surface area contributed by atoms with E-state index in [9.17, 15) is 0 Å². The normalized spacial score (nSPS) is 19.7. The maximum absolute atomic E-state index is 5.57. The molecule has 1 heterocycles. The van der Waals surface area contributed by atoms with Crippen LogP contribution >= 0.6 is 0 Å². The molecule has 5 heteroatoms. The lowest BCUT2D eigenvalue weighted by molar-refractivity contribution is 0.0164. The fraction of sp³-hybridized carbons (Fsp3) is 1.00. The minimum absolute atomic E-state index is 0.326. The van der Waals surface area contributed by atoms with Gasteiger partial charge in [0.1, 0.15) is 0 Å². The first-order chi connectivity index (χ1) is 9.20. The van der Waals surface area contributed by atoms with E-state index >= 15 is 0 Å². The van der Waals surface area contributed by atoms with Crippen molar-refractivity contribution in [1.82, 2.24) is 10.2 Å². The maximum atomic E-state index is 5.57. The van der Waals surface area contributed by atoms with Crippen LogP contribution in [0.15, 0.2) is 0 Å². The van der Waals surface area contributed by atoms with E-state index < -0.39 is 0 Å². The number of piperidine rings is 1. The second-order valence-electron chi connectivity index (χ2n) is 5.37. The molecule has 1 saturated heterocycles. The molecule has 1 fully saturated rings. The van der Waals surface area contributed by atoms with Gasteiger partial charge >= 0.3 is 0 Å². The van der Waals surface area contributed by atoms with Crippen molar-refractivity contribution in [2.24, 2.45) is 0 Å². The standard InChI is InChI=1S/C14H30N2O3/c1-14(15-2)4-6-16(7-5-14)8-9-18-12-13-19-11-10-17-3/h15H,4-13H2,1-3H3. The minimum atomic E-state index is 0.326. The smallest absolute Gasteiger partial charge is 0.0701 e. The quantitative estimate of drug-likeness (QED) is 0.595. The average Bonchev–Trinajstić information content (AvgIpc) is 2.44. The van der Waals surface area contributed by atoms with Gasteiger partial charge in [-0.1, -0.05) is 0 Å². The maximum Gasteiger partial charge on any atom is 0.0701 e. The molecule has 0 amide bonds. The fourth-order valence-corrected chi connectivity index (χ4v) is 2.18. The predicted octanol–water partition coefficient (Wildman–Crippen LogP) is 0.740. The molecule has 0 aromatic heterocycles. The lowest BCUT2D eigenvalue weighted by Crippen LogP contribution is -2.50. The second kappa shape index (κ2) is 9.66. The lowest BCUT2D eigenvalue weighted by atomic mass is 9.90. The summed E-state index contributed by atoms with van der Waals surface area (Å²) >= 11 is 0. The van der Waals surface area contributed by atoms with Crippen LogP contribution in [0.3, 0.4) is 0 Å². The monoisotopic (exact) mass is 274 g/mol. The summed E-state index contributed by atoms with van der Waals surface area (Å²) in [6.45, 7) is 9.07. The first-order valence-electron chi connectivity index (χ1n) is 7.26. The van der Waals surface area contributed by atoms with Crippen molar-refractivity contribution in [1.29, 1.82) is 0 Å². The van der Waals surface area contributed by atoms with E-state index in [0.29, 0.717) is 32.0 Å². The van der Waals surface area contributed by atoms with Gasteiger partial charge < -0.3 is 24.4 Å². The molecular formula is C14H30N2O3. The Morgan fingerprint density at radius 3 is 2.16 bits per heavy atom. The zero-order valence-corrected chi connectivity index (χ0v) is 12.7. The van der Waals surface area contributed by atoms with Gasteiger partial charge in [-0.25, -0.2) is 0 Å². The number of ether oxygens (including phenoxy) is 3. The summed E-state index contributed by atoms with van der Waals surface area (Å²) in [7, 11) is 3.74. The van der Waals surface area contributed by atoms with Crippen LogP contribution < -0.4 is 5.32 Å². The van der Waals surface area contributed by atoms with E-state index in [-0.39, 0.29) is 0 Å². The highest BCUT2D eigenvalue weighted by molar-refractivity contribution is 4.87. The van der Waals surface area contributed by atoms with Crippen LogP contribution in [0.1, 0.15) is 19.8 Å². The Bertz CT molecular complexity index is 219. The Hall–Kier alpha value is -0.200. The van der Waals surface area contributed by atoms with Crippen LogP contribution in [0.25, 0.3) is 0 Å². The van der Waals surface area contributed by atoms with Crippen molar-refractivity contribution in [3.63, 3.8) is 0 Å². The summed E-state index contributed by atoms with van der Waals surface area (Å²) < 4.78 is 15.8. The summed E-state index contributed by atoms with van der Waals surface area (Å²) in [5.41, 5.74) is 0.326. The van der Waals surface area contributed by atoms with E-state index in [2.05, 4.69) is 24.2 Å². The largest absolute Gasteiger partial charge is 0.382 e. The number of likely N-dealkylation sites (tertiary alicyclic amines) is 1. The van der Waals surface area contributed by atoms with Gasteiger partial charge in [-0.2, -0.15) is 0 Å². The molecule has 1 aliphatic heterocycles. The molecule has 1 N–H and O–H groups in total. The molecule has 0 aromatic rings. The summed E-state index contributed by atoms with van der Waals surface area (Å²) in [5.74, 6) is 0. The van der Waals surface area contributed by atoms with Gasteiger partial charge in [0.15, 0.2) is 0 Å². The Labute approximate surface area is 117 Å². The Kier molecular flexibility index (Phi) is 8.57. The molecular weight excluding hydrogens is 244 g/mol. The Morgan fingerprint density at radius 2 is 1.58 bits per heavy atom. The summed E-state index contributed by atoms with van der Waals surface area (Å²) in [5, 5.41) is 3.42. The molecule has 0 aromatic carbocycles. The highest BCUT2D eigenvalue weighted by Crippen LogP contribution is 2.20. The van der Waals surface area contributed by atoms with Crippen LogP contribution in [0.2, 0.25) is 0 Å². The zero-order chi connectivity index (χ0) is 14.0. The van der Waals surface area contributed by atoms with Gasteiger partial charge in [0.2, 0.25) is 0 Å². The van der Waals surface area contributed by atoms with E-state index in [1.807, 2.05) is 0 Å². The zero-order valence-electron chi connectivity index (χ0n) is 12.7. The molecule has 1 aliphatic rings. The van der Waals surface area contributed by atoms with Crippen LogP contribution in [-0.4, -0.2) is 77.3 Å². The Balaban J connectivity index is 1.91. The van der Waals surface area contributed by atoms with Gasteiger partial charge in [-0.3, -0.25) is 0 Å². The molecule has 1 rings (SSSR count). The molecule has 5 nitrogen and oxygen atoms in total. The average molecular weight is 274 g/mol. The van der Waals surface area contributed by atoms with Gasteiger partial charge in [0.25, 0.3) is 0 Å². The number of rotatable bonds is 10.